The van der Waals surface area contributed by atoms with Crippen LogP contribution in [0.3, 0.4) is 0 Å². The van der Waals surface area contributed by atoms with Crippen LogP contribution >= 0.6 is 0 Å². The van der Waals surface area contributed by atoms with E-state index in [1.54, 1.807) is 0 Å². The molecule has 5 heteroatoms. The predicted molar refractivity (Wildman–Crippen MR) is 87.9 cm³/mol. The van der Waals surface area contributed by atoms with Gasteiger partial charge in [-0.2, -0.15) is 41.6 Å². The third kappa shape index (κ3) is 10.3. The van der Waals surface area contributed by atoms with Gasteiger partial charge in [-0.1, -0.05) is 12.1 Å². The number of likely N-dealkylation sites (N-methyl/N-ethyl adjacent to an activating group) is 1. The van der Waals surface area contributed by atoms with E-state index in [2.05, 4.69) is 92.1 Å². The van der Waals surface area contributed by atoms with Crippen molar-refractivity contribution in [1.82, 2.24) is 4.90 Å². The van der Waals surface area contributed by atoms with Crippen LogP contribution in [0.1, 0.15) is 5.56 Å². The first kappa shape index (κ1) is 28.2. The molecule has 1 radical (unpaired) electrons. The standard InChI is InChI=1S/C10H14N.C9H7.3ClH.V/c1-11(2)9-8-10-6-4-3-5-7-10;1-2-5-9-7-3-6-8(9)4-1;;;;/h3-8H,9H2,1-2H3;1-7H;3*1H;/q2*-1;;;;/p-3. The van der Waals surface area contributed by atoms with Crippen molar-refractivity contribution < 1.29 is 55.8 Å². The average molecular weight is 421 g/mol. The molecule has 0 N–H and O–H groups in total. The zero-order valence-electron chi connectivity index (χ0n) is 13.7. The molecule has 1 nitrogen and oxygen atoms in total. The quantitative estimate of drug-likeness (QED) is 0.386. The molecule has 0 heterocycles. The van der Waals surface area contributed by atoms with Gasteiger partial charge in [-0.25, -0.2) is 0 Å². The third-order valence-electron chi connectivity index (χ3n) is 3.04. The van der Waals surface area contributed by atoms with Crippen LogP contribution in [-0.4, -0.2) is 25.5 Å². The summed E-state index contributed by atoms with van der Waals surface area (Å²) in [7, 11) is 4.14. The van der Waals surface area contributed by atoms with Crippen molar-refractivity contribution in [3.8, 4) is 0 Å². The maximum Gasteiger partial charge on any atom is 0 e. The van der Waals surface area contributed by atoms with E-state index in [1.165, 1.54) is 16.3 Å². The summed E-state index contributed by atoms with van der Waals surface area (Å²) >= 11 is 0. The molecule has 0 aliphatic carbocycles. The Kier molecular flexibility index (Phi) is 18.6. The Morgan fingerprint density at radius 3 is 2.00 bits per heavy atom. The topological polar surface area (TPSA) is 3.24 Å². The van der Waals surface area contributed by atoms with Gasteiger partial charge in [0.25, 0.3) is 0 Å². The Bertz CT molecular complexity index is 596. The van der Waals surface area contributed by atoms with E-state index in [-0.39, 0.29) is 55.8 Å². The minimum atomic E-state index is 0. The van der Waals surface area contributed by atoms with E-state index >= 15 is 0 Å². The maximum atomic E-state index is 2.21. The number of halogens is 3. The van der Waals surface area contributed by atoms with Crippen molar-refractivity contribution in [1.29, 1.82) is 0 Å². The van der Waals surface area contributed by atoms with Crippen LogP contribution in [0, 0.1) is 6.42 Å². The van der Waals surface area contributed by atoms with Crippen LogP contribution in [0.25, 0.3) is 10.8 Å². The van der Waals surface area contributed by atoms with Gasteiger partial charge >= 0.3 is 0 Å². The molecule has 0 saturated carbocycles. The van der Waals surface area contributed by atoms with Crippen molar-refractivity contribution in [2.75, 3.05) is 20.6 Å². The van der Waals surface area contributed by atoms with Gasteiger partial charge < -0.3 is 42.1 Å². The van der Waals surface area contributed by atoms with Gasteiger partial charge in [-0.05, 0) is 20.6 Å². The van der Waals surface area contributed by atoms with Crippen molar-refractivity contribution in [2.45, 2.75) is 0 Å². The van der Waals surface area contributed by atoms with Crippen molar-refractivity contribution in [2.24, 2.45) is 0 Å². The summed E-state index contributed by atoms with van der Waals surface area (Å²) in [4.78, 5) is 2.15. The van der Waals surface area contributed by atoms with Gasteiger partial charge in [0.2, 0.25) is 0 Å². The fourth-order valence-electron chi connectivity index (χ4n) is 1.95. The molecule has 0 saturated heterocycles. The molecule has 0 spiro atoms. The maximum absolute atomic E-state index is 2.21. The van der Waals surface area contributed by atoms with Crippen LogP contribution < -0.4 is 37.2 Å². The van der Waals surface area contributed by atoms with E-state index in [0.717, 1.165) is 6.54 Å². The van der Waals surface area contributed by atoms with E-state index in [4.69, 9.17) is 0 Å². The second kappa shape index (κ2) is 15.8. The van der Waals surface area contributed by atoms with Gasteiger partial charge in [0.05, 0.1) is 0 Å². The molecular weight excluding hydrogens is 400 g/mol. The Balaban J connectivity index is -0.000000318. The van der Waals surface area contributed by atoms with E-state index < -0.39 is 0 Å². The Morgan fingerprint density at radius 2 is 1.42 bits per heavy atom. The first-order valence-corrected chi connectivity index (χ1v) is 6.89. The molecule has 0 aliphatic heterocycles. The van der Waals surface area contributed by atoms with E-state index in [0.29, 0.717) is 0 Å². The fourth-order valence-corrected chi connectivity index (χ4v) is 1.95. The Hall–Kier alpha value is -0.666. The molecule has 3 aromatic carbocycles. The number of rotatable bonds is 3. The smallest absolute Gasteiger partial charge is 0 e. The summed E-state index contributed by atoms with van der Waals surface area (Å²) in [6.07, 6.45) is 2.21. The molecule has 0 unspecified atom stereocenters. The second-order valence-corrected chi connectivity index (χ2v) is 5.03. The third-order valence-corrected chi connectivity index (χ3v) is 3.04. The normalized spacial score (nSPS) is 8.46. The number of hydrogen-bond donors (Lipinski definition) is 0. The molecule has 0 fully saturated rings. The van der Waals surface area contributed by atoms with Crippen LogP contribution in [0.15, 0.2) is 72.8 Å². The fraction of sp³-hybridized carbons (Fsp3) is 0.158. The van der Waals surface area contributed by atoms with Gasteiger partial charge in [0.15, 0.2) is 0 Å². The predicted octanol–water partition coefficient (Wildman–Crippen LogP) is -4.63. The summed E-state index contributed by atoms with van der Waals surface area (Å²) in [5, 5.41) is 2.66. The molecule has 3 aromatic rings. The van der Waals surface area contributed by atoms with Gasteiger partial charge in [-0.15, -0.1) is 41.8 Å². The largest absolute Gasteiger partial charge is 1.00 e. The first-order valence-electron chi connectivity index (χ1n) is 6.89. The van der Waals surface area contributed by atoms with Crippen molar-refractivity contribution in [3.05, 3.63) is 84.8 Å². The van der Waals surface area contributed by atoms with Crippen LogP contribution in [-0.2, 0) is 18.6 Å². The molecule has 0 aliphatic rings. The average Bonchev–Trinajstić information content (AvgIpc) is 2.95. The SMILES string of the molecule is CN(C)C[CH-]c1ccccc1.[Cl-].[Cl-].[Cl-].[V].c1ccc2[cH-]ccc2c1. The monoisotopic (exact) mass is 419 g/mol. The van der Waals surface area contributed by atoms with Gasteiger partial charge in [0.1, 0.15) is 0 Å². The van der Waals surface area contributed by atoms with E-state index in [1.807, 2.05) is 6.07 Å². The number of hydrogen-bond acceptors (Lipinski definition) is 1. The van der Waals surface area contributed by atoms with Gasteiger partial charge in [-0.3, -0.25) is 0 Å². The van der Waals surface area contributed by atoms with Crippen LogP contribution in [0.2, 0.25) is 0 Å². The second-order valence-electron chi connectivity index (χ2n) is 5.03. The summed E-state index contributed by atoms with van der Waals surface area (Å²) < 4.78 is 0. The summed E-state index contributed by atoms with van der Waals surface area (Å²) in [5.41, 5.74) is 1.29. The Labute approximate surface area is 176 Å². The number of fused-ring (bicyclic) bond motifs is 1. The molecule has 0 aromatic heterocycles. The molecule has 0 atom stereocenters. The zero-order valence-corrected chi connectivity index (χ0v) is 17.4. The molecule has 133 valence electrons. The first-order chi connectivity index (χ1) is 9.75. The molecule has 24 heavy (non-hydrogen) atoms. The molecule has 0 amide bonds. The van der Waals surface area contributed by atoms with Crippen molar-refractivity contribution >= 4 is 10.8 Å². The van der Waals surface area contributed by atoms with Crippen LogP contribution in [0.4, 0.5) is 0 Å². The molecular formula is C19H21Cl3NV-5. The van der Waals surface area contributed by atoms with Crippen molar-refractivity contribution in [3.63, 3.8) is 0 Å². The number of nitrogens with zero attached hydrogens (tertiary/aromatic N) is 1. The van der Waals surface area contributed by atoms with Crippen LogP contribution in [0.5, 0.6) is 0 Å². The Morgan fingerprint density at radius 1 is 0.833 bits per heavy atom. The zero-order chi connectivity index (χ0) is 14.2. The summed E-state index contributed by atoms with van der Waals surface area (Å²) in [6.45, 7) is 1.00. The summed E-state index contributed by atoms with van der Waals surface area (Å²) in [5.74, 6) is 0. The summed E-state index contributed by atoms with van der Waals surface area (Å²) in [6, 6.07) is 25.0. The van der Waals surface area contributed by atoms with Gasteiger partial charge in [0, 0.05) is 18.6 Å². The minimum Gasteiger partial charge on any atom is -1.00 e. The molecule has 3 rings (SSSR count). The van der Waals surface area contributed by atoms with E-state index in [9.17, 15) is 0 Å². The molecule has 0 bridgehead atoms. The minimum absolute atomic E-state index is 0. The number of benzene rings is 2.